The molecule has 3 nitrogen and oxygen atoms in total. The van der Waals surface area contributed by atoms with Gasteiger partial charge in [0, 0.05) is 24.2 Å². The van der Waals surface area contributed by atoms with E-state index >= 15 is 0 Å². The normalized spacial score (nSPS) is 24.5. The summed E-state index contributed by atoms with van der Waals surface area (Å²) >= 11 is 0. The molecule has 2 heterocycles. The fraction of sp³-hybridized carbons (Fsp3) is 0.318. The summed E-state index contributed by atoms with van der Waals surface area (Å²) in [4.78, 5) is 15.1. The third-order valence-electron chi connectivity index (χ3n) is 5.30. The molecular formula is C22H21NO2. The highest BCUT2D eigenvalue weighted by Gasteiger charge is 2.50. The first-order chi connectivity index (χ1) is 12.2. The molecule has 1 fully saturated rings. The zero-order valence-electron chi connectivity index (χ0n) is 14.4. The number of benzene rings is 2. The predicted molar refractivity (Wildman–Crippen MR) is 98.5 cm³/mol. The second-order valence-corrected chi connectivity index (χ2v) is 6.73. The zero-order chi connectivity index (χ0) is 17.3. The van der Waals surface area contributed by atoms with Crippen molar-refractivity contribution in [3.63, 3.8) is 0 Å². The molecule has 3 heteroatoms. The number of carbonyl (C=O) groups is 1. The molecular weight excluding hydrogens is 310 g/mol. The molecule has 2 unspecified atom stereocenters. The summed E-state index contributed by atoms with van der Waals surface area (Å²) in [6, 6.07) is 18.2. The highest BCUT2D eigenvalue weighted by molar-refractivity contribution is 5.89. The Morgan fingerprint density at radius 2 is 1.92 bits per heavy atom. The molecule has 0 bridgehead atoms. The van der Waals surface area contributed by atoms with E-state index in [2.05, 4.69) is 34.9 Å². The maximum absolute atomic E-state index is 12.8. The molecule has 25 heavy (non-hydrogen) atoms. The van der Waals surface area contributed by atoms with Crippen LogP contribution >= 0.6 is 0 Å². The van der Waals surface area contributed by atoms with Gasteiger partial charge in [0.1, 0.15) is 11.2 Å². The van der Waals surface area contributed by atoms with Crippen LogP contribution in [0.2, 0.25) is 0 Å². The van der Waals surface area contributed by atoms with E-state index in [0.717, 1.165) is 12.1 Å². The second-order valence-electron chi connectivity index (χ2n) is 6.73. The number of hydrogen-bond acceptors (Lipinski definition) is 3. The number of rotatable bonds is 1. The quantitative estimate of drug-likeness (QED) is 0.752. The Bertz CT molecular complexity index is 849. The molecule has 2 aromatic carbocycles. The smallest absolute Gasteiger partial charge is 0.150 e. The largest absolute Gasteiger partial charge is 0.377 e. The minimum atomic E-state index is -0.732. The third-order valence-corrected chi connectivity index (χ3v) is 5.30. The molecule has 2 aliphatic rings. The molecule has 2 aromatic rings. The van der Waals surface area contributed by atoms with Crippen LogP contribution in [0.4, 0.5) is 5.69 Å². The van der Waals surface area contributed by atoms with Crippen molar-refractivity contribution < 1.29 is 9.53 Å². The zero-order valence-corrected chi connectivity index (χ0v) is 14.4. The summed E-state index contributed by atoms with van der Waals surface area (Å²) in [7, 11) is 0. The molecule has 0 spiro atoms. The van der Waals surface area contributed by atoms with E-state index in [4.69, 9.17) is 4.74 Å². The third kappa shape index (κ3) is 2.73. The summed E-state index contributed by atoms with van der Waals surface area (Å²) in [5.74, 6) is 6.73. The molecule has 0 radical (unpaired) electrons. The van der Waals surface area contributed by atoms with Crippen LogP contribution in [0.15, 0.2) is 54.6 Å². The lowest BCUT2D eigenvalue weighted by Gasteiger charge is -2.50. The first-order valence-corrected chi connectivity index (χ1v) is 8.72. The fourth-order valence-electron chi connectivity index (χ4n) is 3.94. The van der Waals surface area contributed by atoms with Gasteiger partial charge in [-0.25, -0.2) is 0 Å². The molecule has 2 atom stereocenters. The highest BCUT2D eigenvalue weighted by Crippen LogP contribution is 2.43. The molecule has 126 valence electrons. The Labute approximate surface area is 148 Å². The predicted octanol–water partition coefficient (Wildman–Crippen LogP) is 3.08. The van der Waals surface area contributed by atoms with E-state index in [9.17, 15) is 4.79 Å². The van der Waals surface area contributed by atoms with Crippen molar-refractivity contribution in [3.8, 4) is 11.8 Å². The van der Waals surface area contributed by atoms with Crippen LogP contribution in [0.1, 0.15) is 18.1 Å². The number of nitrogens with zero attached hydrogens (tertiary/aromatic N) is 1. The van der Waals surface area contributed by atoms with Crippen molar-refractivity contribution in [2.45, 2.75) is 19.4 Å². The van der Waals surface area contributed by atoms with E-state index in [-0.39, 0.29) is 11.8 Å². The van der Waals surface area contributed by atoms with Crippen LogP contribution in [0.3, 0.4) is 0 Å². The van der Waals surface area contributed by atoms with Crippen molar-refractivity contribution in [1.29, 1.82) is 0 Å². The van der Waals surface area contributed by atoms with E-state index in [1.165, 1.54) is 11.3 Å². The van der Waals surface area contributed by atoms with Gasteiger partial charge in [-0.3, -0.25) is 4.79 Å². The van der Waals surface area contributed by atoms with Crippen LogP contribution in [0.5, 0.6) is 0 Å². The van der Waals surface area contributed by atoms with Crippen LogP contribution in [-0.2, 0) is 16.0 Å². The Morgan fingerprint density at radius 1 is 1.16 bits per heavy atom. The van der Waals surface area contributed by atoms with Crippen molar-refractivity contribution in [2.24, 2.45) is 5.41 Å². The summed E-state index contributed by atoms with van der Waals surface area (Å²) < 4.78 is 5.75. The van der Waals surface area contributed by atoms with Gasteiger partial charge in [-0.2, -0.15) is 0 Å². The van der Waals surface area contributed by atoms with Gasteiger partial charge in [0.2, 0.25) is 0 Å². The number of Topliss-reactive ketones (excluding diaryl/α,β-unsaturated/α-hetero) is 1. The van der Waals surface area contributed by atoms with E-state index in [0.29, 0.717) is 19.6 Å². The topological polar surface area (TPSA) is 29.5 Å². The molecule has 0 amide bonds. The van der Waals surface area contributed by atoms with Crippen molar-refractivity contribution in [3.05, 3.63) is 65.7 Å². The van der Waals surface area contributed by atoms with Crippen molar-refractivity contribution >= 4 is 11.5 Å². The standard InChI is InChI=1S/C22H21NO2/c1-17(24)22(12-11-18-7-3-2-4-8-18)15-19-9-5-6-10-20(19)23-13-14-25-16-21(22)23/h2-10,21H,13-16H2,1H3. The maximum atomic E-state index is 12.8. The Balaban J connectivity index is 1.84. The molecule has 2 aliphatic heterocycles. The van der Waals surface area contributed by atoms with Gasteiger partial charge in [-0.1, -0.05) is 48.2 Å². The number of fused-ring (bicyclic) bond motifs is 3. The SMILES string of the molecule is CC(=O)C1(C#Cc2ccccc2)Cc2ccccc2N2CCOCC21. The number of morpholine rings is 1. The summed E-state index contributed by atoms with van der Waals surface area (Å²) in [5, 5.41) is 0. The summed E-state index contributed by atoms with van der Waals surface area (Å²) in [6.45, 7) is 3.69. The summed E-state index contributed by atoms with van der Waals surface area (Å²) in [6.07, 6.45) is 0.642. The first kappa shape index (κ1) is 15.9. The number of ether oxygens (including phenoxy) is 1. The van der Waals surface area contributed by atoms with Gasteiger partial charge in [-0.05, 0) is 30.7 Å². The lowest BCUT2D eigenvalue weighted by atomic mass is 9.69. The Hall–Kier alpha value is -2.57. The van der Waals surface area contributed by atoms with E-state index in [1.807, 2.05) is 36.4 Å². The maximum Gasteiger partial charge on any atom is 0.150 e. The molecule has 4 rings (SSSR count). The van der Waals surface area contributed by atoms with Gasteiger partial charge < -0.3 is 9.64 Å². The average Bonchev–Trinajstić information content (AvgIpc) is 2.67. The molecule has 0 N–H and O–H groups in total. The first-order valence-electron chi connectivity index (χ1n) is 8.72. The summed E-state index contributed by atoms with van der Waals surface area (Å²) in [5.41, 5.74) is 2.61. The number of hydrogen-bond donors (Lipinski definition) is 0. The fourth-order valence-corrected chi connectivity index (χ4v) is 3.94. The van der Waals surface area contributed by atoms with Gasteiger partial charge in [-0.15, -0.1) is 0 Å². The monoisotopic (exact) mass is 331 g/mol. The van der Waals surface area contributed by atoms with Crippen LogP contribution in [0.25, 0.3) is 0 Å². The number of anilines is 1. The van der Waals surface area contributed by atoms with Crippen LogP contribution in [0, 0.1) is 17.3 Å². The van der Waals surface area contributed by atoms with Crippen LogP contribution < -0.4 is 4.90 Å². The van der Waals surface area contributed by atoms with Gasteiger partial charge >= 0.3 is 0 Å². The van der Waals surface area contributed by atoms with Crippen molar-refractivity contribution in [1.82, 2.24) is 0 Å². The molecule has 0 aromatic heterocycles. The molecule has 0 aliphatic carbocycles. The Kier molecular flexibility index (Phi) is 4.07. The minimum absolute atomic E-state index is 0.0372. The number of para-hydroxylation sites is 1. The Morgan fingerprint density at radius 3 is 2.72 bits per heavy atom. The second kappa shape index (κ2) is 6.38. The van der Waals surface area contributed by atoms with Crippen molar-refractivity contribution in [2.75, 3.05) is 24.7 Å². The van der Waals surface area contributed by atoms with E-state index < -0.39 is 5.41 Å². The highest BCUT2D eigenvalue weighted by atomic mass is 16.5. The minimum Gasteiger partial charge on any atom is -0.377 e. The van der Waals surface area contributed by atoms with Gasteiger partial charge in [0.05, 0.1) is 19.3 Å². The van der Waals surface area contributed by atoms with Gasteiger partial charge in [0.25, 0.3) is 0 Å². The van der Waals surface area contributed by atoms with E-state index in [1.54, 1.807) is 6.92 Å². The molecule has 1 saturated heterocycles. The average molecular weight is 331 g/mol. The van der Waals surface area contributed by atoms with Gasteiger partial charge in [0.15, 0.2) is 0 Å². The molecule has 0 saturated carbocycles. The van der Waals surface area contributed by atoms with Crippen LogP contribution in [-0.4, -0.2) is 31.6 Å². The number of ketones is 1. The lowest BCUT2D eigenvalue weighted by Crippen LogP contribution is -2.60. The lowest BCUT2D eigenvalue weighted by molar-refractivity contribution is -0.126. The number of carbonyl (C=O) groups excluding carboxylic acids is 1.